The minimum Gasteiger partial charge on any atom is -0.591 e. The van der Waals surface area contributed by atoms with E-state index in [9.17, 15) is 8.94 Å². The fourth-order valence-corrected chi connectivity index (χ4v) is 2.72. The van der Waals surface area contributed by atoms with Crippen LogP contribution in [0.3, 0.4) is 0 Å². The minimum atomic E-state index is -1.35. The summed E-state index contributed by atoms with van der Waals surface area (Å²) in [5.74, 6) is -0.374. The lowest BCUT2D eigenvalue weighted by atomic mass is 10.0. The molecule has 4 nitrogen and oxygen atoms in total. The number of halogens is 1. The van der Waals surface area contributed by atoms with Crippen molar-refractivity contribution in [3.8, 4) is 11.3 Å². The molecule has 2 aromatic carbocycles. The summed E-state index contributed by atoms with van der Waals surface area (Å²) in [6, 6.07) is 11.8. The summed E-state index contributed by atoms with van der Waals surface area (Å²) in [6.45, 7) is 5.60. The zero-order chi connectivity index (χ0) is 17.3. The molecule has 0 saturated heterocycles. The van der Waals surface area contributed by atoms with Gasteiger partial charge < -0.3 is 9.08 Å². The fraction of sp³-hybridized carbons (Fsp3) is 0.222. The van der Waals surface area contributed by atoms with E-state index in [1.54, 1.807) is 12.3 Å². The van der Waals surface area contributed by atoms with Crippen LogP contribution in [0.1, 0.15) is 26.3 Å². The summed E-state index contributed by atoms with van der Waals surface area (Å²) in [5.41, 5.74) is 2.55. The molecule has 0 aliphatic heterocycles. The van der Waals surface area contributed by atoms with Gasteiger partial charge in [0.05, 0.1) is 6.21 Å². The highest BCUT2D eigenvalue weighted by molar-refractivity contribution is 7.91. The second-order valence-corrected chi connectivity index (χ2v) is 8.29. The first-order valence-corrected chi connectivity index (χ1v) is 8.57. The number of rotatable bonds is 3. The van der Waals surface area contributed by atoms with Crippen LogP contribution in [0, 0.1) is 5.82 Å². The van der Waals surface area contributed by atoms with Gasteiger partial charge in [-0.2, -0.15) is 0 Å². The van der Waals surface area contributed by atoms with E-state index in [1.807, 2.05) is 45.0 Å². The Balaban J connectivity index is 2.04. The molecule has 6 heteroatoms. The third kappa shape index (κ3) is 3.34. The van der Waals surface area contributed by atoms with Crippen molar-refractivity contribution in [3.05, 3.63) is 53.8 Å². The molecule has 0 amide bonds. The quantitative estimate of drug-likeness (QED) is 0.518. The molecular formula is C18H17FN2O2S. The molecule has 24 heavy (non-hydrogen) atoms. The molecule has 3 aromatic rings. The van der Waals surface area contributed by atoms with Crippen molar-refractivity contribution in [2.24, 2.45) is 4.40 Å². The van der Waals surface area contributed by atoms with Crippen molar-refractivity contribution < 1.29 is 13.5 Å². The van der Waals surface area contributed by atoms with Crippen LogP contribution in [0.2, 0.25) is 0 Å². The fourth-order valence-electron chi connectivity index (χ4n) is 2.19. The Bertz CT molecular complexity index is 899. The van der Waals surface area contributed by atoms with Crippen LogP contribution in [-0.4, -0.2) is 20.7 Å². The Labute approximate surface area is 142 Å². The zero-order valence-corrected chi connectivity index (χ0v) is 14.4. The monoisotopic (exact) mass is 344 g/mol. The second-order valence-electron chi connectivity index (χ2n) is 6.35. The van der Waals surface area contributed by atoms with Gasteiger partial charge >= 0.3 is 0 Å². The van der Waals surface area contributed by atoms with E-state index in [-0.39, 0.29) is 5.82 Å². The van der Waals surface area contributed by atoms with E-state index < -0.39 is 16.1 Å². The first kappa shape index (κ1) is 16.7. The van der Waals surface area contributed by atoms with Gasteiger partial charge in [0, 0.05) is 22.6 Å². The van der Waals surface area contributed by atoms with Crippen molar-refractivity contribution >= 4 is 28.5 Å². The highest BCUT2D eigenvalue weighted by Crippen LogP contribution is 2.30. The van der Waals surface area contributed by atoms with Crippen LogP contribution in [-0.2, 0) is 11.4 Å². The Morgan fingerprint density at radius 3 is 2.71 bits per heavy atom. The van der Waals surface area contributed by atoms with Crippen LogP contribution in [0.4, 0.5) is 4.39 Å². The predicted octanol–water partition coefficient (Wildman–Crippen LogP) is 4.52. The second kappa shape index (κ2) is 6.37. The number of aromatic nitrogens is 1. The van der Waals surface area contributed by atoms with Crippen LogP contribution >= 0.6 is 0 Å². The van der Waals surface area contributed by atoms with Crippen molar-refractivity contribution in [1.29, 1.82) is 0 Å². The molecule has 0 radical (unpaired) electrons. The van der Waals surface area contributed by atoms with Crippen molar-refractivity contribution in [2.45, 2.75) is 25.5 Å². The van der Waals surface area contributed by atoms with E-state index in [0.29, 0.717) is 16.7 Å². The Morgan fingerprint density at radius 1 is 1.21 bits per heavy atom. The summed E-state index contributed by atoms with van der Waals surface area (Å²) < 4.78 is 34.4. The maximum Gasteiger partial charge on any atom is 0.170 e. The number of hydrogen-bond donors (Lipinski definition) is 0. The van der Waals surface area contributed by atoms with Gasteiger partial charge in [-0.3, -0.25) is 0 Å². The average molecular weight is 344 g/mol. The van der Waals surface area contributed by atoms with E-state index in [0.717, 1.165) is 11.1 Å². The number of nitrogens with zero attached hydrogens (tertiary/aromatic N) is 2. The third-order valence-electron chi connectivity index (χ3n) is 3.46. The summed E-state index contributed by atoms with van der Waals surface area (Å²) >= 11 is -1.35. The van der Waals surface area contributed by atoms with Crippen molar-refractivity contribution in [1.82, 2.24) is 5.16 Å². The zero-order valence-electron chi connectivity index (χ0n) is 13.6. The van der Waals surface area contributed by atoms with Crippen LogP contribution < -0.4 is 0 Å². The predicted molar refractivity (Wildman–Crippen MR) is 94.9 cm³/mol. The molecule has 0 spiro atoms. The smallest absolute Gasteiger partial charge is 0.170 e. The lowest BCUT2D eigenvalue weighted by Gasteiger charge is -2.17. The number of benzene rings is 2. The third-order valence-corrected chi connectivity index (χ3v) is 4.81. The Kier molecular flexibility index (Phi) is 4.43. The molecule has 0 aliphatic carbocycles. The van der Waals surface area contributed by atoms with Crippen LogP contribution in [0.5, 0.6) is 0 Å². The van der Waals surface area contributed by atoms with Gasteiger partial charge in [-0.15, -0.1) is 0 Å². The standard InChI is InChI=1S/C18H17FN2O2S/c1-18(2,3)24(22)20-11-12-6-4-5-7-14(12)17-15-9-8-13(19)10-16(15)23-21-17/h4-11H,1-3H3. The molecule has 1 unspecified atom stereocenters. The highest BCUT2D eigenvalue weighted by Gasteiger charge is 2.26. The largest absolute Gasteiger partial charge is 0.591 e. The first-order valence-electron chi connectivity index (χ1n) is 7.46. The number of fused-ring (bicyclic) bond motifs is 1. The van der Waals surface area contributed by atoms with E-state index >= 15 is 0 Å². The lowest BCUT2D eigenvalue weighted by molar-refractivity contribution is 0.457. The molecule has 0 saturated carbocycles. The molecule has 1 atom stereocenters. The summed E-state index contributed by atoms with van der Waals surface area (Å²) in [7, 11) is 0. The Hall–Kier alpha value is -2.18. The molecule has 0 N–H and O–H groups in total. The normalized spacial score (nSPS) is 13.7. The van der Waals surface area contributed by atoms with Crippen molar-refractivity contribution in [3.63, 3.8) is 0 Å². The maximum atomic E-state index is 13.3. The SMILES string of the molecule is CC(C)(C)[S+]([O-])N=Cc1ccccc1-c1noc2cc(F)ccc12. The van der Waals surface area contributed by atoms with Gasteiger partial charge in [0.15, 0.2) is 5.58 Å². The summed E-state index contributed by atoms with van der Waals surface area (Å²) in [4.78, 5) is 0. The van der Waals surface area contributed by atoms with Crippen LogP contribution in [0.25, 0.3) is 22.2 Å². The molecule has 0 bridgehead atoms. The van der Waals surface area contributed by atoms with Gasteiger partial charge in [0.1, 0.15) is 27.6 Å². The van der Waals surface area contributed by atoms with Gasteiger partial charge in [0.2, 0.25) is 0 Å². The number of hydrogen-bond acceptors (Lipinski definition) is 4. The van der Waals surface area contributed by atoms with E-state index in [2.05, 4.69) is 9.55 Å². The molecule has 124 valence electrons. The molecule has 0 fully saturated rings. The van der Waals surface area contributed by atoms with Crippen LogP contribution in [0.15, 0.2) is 51.4 Å². The minimum absolute atomic E-state index is 0.374. The topological polar surface area (TPSA) is 61.5 Å². The average Bonchev–Trinajstić information content (AvgIpc) is 2.94. The molecule has 1 aromatic heterocycles. The molecule has 1 heterocycles. The van der Waals surface area contributed by atoms with Gasteiger partial charge in [-0.25, -0.2) is 4.39 Å². The summed E-state index contributed by atoms with van der Waals surface area (Å²) in [5, 5.41) is 4.78. The molecule has 3 rings (SSSR count). The Morgan fingerprint density at radius 2 is 1.96 bits per heavy atom. The lowest BCUT2D eigenvalue weighted by Crippen LogP contribution is -2.25. The molecular weight excluding hydrogens is 327 g/mol. The van der Waals surface area contributed by atoms with Gasteiger partial charge in [0.25, 0.3) is 0 Å². The maximum absolute atomic E-state index is 13.3. The van der Waals surface area contributed by atoms with E-state index in [4.69, 9.17) is 4.52 Å². The van der Waals surface area contributed by atoms with E-state index in [1.165, 1.54) is 12.1 Å². The van der Waals surface area contributed by atoms with Crippen molar-refractivity contribution in [2.75, 3.05) is 0 Å². The van der Waals surface area contributed by atoms with Gasteiger partial charge in [-0.1, -0.05) is 33.8 Å². The highest BCUT2D eigenvalue weighted by atomic mass is 32.2. The molecule has 0 aliphatic rings. The first-order chi connectivity index (χ1) is 11.4. The van der Waals surface area contributed by atoms with Gasteiger partial charge in [-0.05, 0) is 32.9 Å². The summed E-state index contributed by atoms with van der Waals surface area (Å²) in [6.07, 6.45) is 1.58.